The summed E-state index contributed by atoms with van der Waals surface area (Å²) < 4.78 is 20.1. The molecule has 0 saturated heterocycles. The van der Waals surface area contributed by atoms with E-state index in [9.17, 15) is 8.42 Å². The lowest BCUT2D eigenvalue weighted by atomic mass is 11.2. The molecule has 0 radical (unpaired) electrons. The molecule has 8 heavy (non-hydrogen) atoms. The number of halogens is 1. The topological polar surface area (TPSA) is 49.4 Å². The maximum Gasteiger partial charge on any atom is 0.310 e. The smallest absolute Gasteiger partial charge is 0.236 e. The molecule has 0 aliphatic heterocycles. The first-order valence-electron chi connectivity index (χ1n) is 1.81. The Kier molecular flexibility index (Phi) is 2.68. The van der Waals surface area contributed by atoms with Crippen LogP contribution in [0.15, 0.2) is 0 Å². The molecule has 6 heteroatoms. The fourth-order valence-electron chi connectivity index (χ4n) is 0.218. The van der Waals surface area contributed by atoms with Crippen molar-refractivity contribution >= 4 is 19.9 Å². The van der Waals surface area contributed by atoms with Crippen molar-refractivity contribution in [3.8, 4) is 0 Å². The van der Waals surface area contributed by atoms with Crippen LogP contribution in [0, 0.1) is 0 Å². The predicted molar refractivity (Wildman–Crippen MR) is 31.6 cm³/mol. The standard InChI is InChI=1S/C2H7ClN2O2S/c1-5(2)4-8(3,6)7/h4H,1-2H3. The Balaban J connectivity index is 3.75. The third-order valence-electron chi connectivity index (χ3n) is 0.292. The second kappa shape index (κ2) is 2.63. The summed E-state index contributed by atoms with van der Waals surface area (Å²) in [5.41, 5.74) is 0. The zero-order chi connectivity index (χ0) is 6.78. The Morgan fingerprint density at radius 3 is 1.88 bits per heavy atom. The summed E-state index contributed by atoms with van der Waals surface area (Å²) in [6.45, 7) is 0. The highest BCUT2D eigenvalue weighted by Gasteiger charge is 2.01. The van der Waals surface area contributed by atoms with Crippen molar-refractivity contribution in [2.24, 2.45) is 0 Å². The van der Waals surface area contributed by atoms with Crippen molar-refractivity contribution < 1.29 is 8.42 Å². The molecule has 4 nitrogen and oxygen atoms in total. The second-order valence-electron chi connectivity index (χ2n) is 1.42. The van der Waals surface area contributed by atoms with Gasteiger partial charge in [0.2, 0.25) is 0 Å². The number of nitrogens with one attached hydrogen (secondary N) is 1. The van der Waals surface area contributed by atoms with Gasteiger partial charge in [0.15, 0.2) is 0 Å². The third kappa shape index (κ3) is 6.16. The molecule has 0 saturated carbocycles. The van der Waals surface area contributed by atoms with E-state index in [4.69, 9.17) is 10.7 Å². The highest BCUT2D eigenvalue weighted by molar-refractivity contribution is 8.12. The molecule has 0 aromatic carbocycles. The highest BCUT2D eigenvalue weighted by atomic mass is 35.7. The molecular weight excluding hydrogens is 152 g/mol. The van der Waals surface area contributed by atoms with Crippen LogP contribution in [-0.2, 0) is 9.24 Å². The van der Waals surface area contributed by atoms with Gasteiger partial charge < -0.3 is 0 Å². The minimum Gasteiger partial charge on any atom is -0.236 e. The molecule has 50 valence electrons. The van der Waals surface area contributed by atoms with Crippen LogP contribution in [0.4, 0.5) is 0 Å². The fraction of sp³-hybridized carbons (Fsp3) is 1.00. The minimum atomic E-state index is -3.58. The quantitative estimate of drug-likeness (QED) is 0.437. The monoisotopic (exact) mass is 158 g/mol. The lowest BCUT2D eigenvalue weighted by Gasteiger charge is -2.05. The largest absolute Gasteiger partial charge is 0.310 e. The van der Waals surface area contributed by atoms with Crippen LogP contribution in [0.25, 0.3) is 0 Å². The first kappa shape index (κ1) is 8.16. The third-order valence-corrected chi connectivity index (χ3v) is 1.08. The first-order chi connectivity index (χ1) is 3.42. The van der Waals surface area contributed by atoms with Crippen molar-refractivity contribution in [3.63, 3.8) is 0 Å². The number of rotatable bonds is 2. The van der Waals surface area contributed by atoms with Gasteiger partial charge in [-0.2, -0.15) is 8.42 Å². The summed E-state index contributed by atoms with van der Waals surface area (Å²) in [6.07, 6.45) is 0. The van der Waals surface area contributed by atoms with Crippen LogP contribution >= 0.6 is 10.7 Å². The Labute approximate surface area is 53.0 Å². The number of hydrogen-bond donors (Lipinski definition) is 1. The van der Waals surface area contributed by atoms with Crippen LogP contribution in [0.5, 0.6) is 0 Å². The van der Waals surface area contributed by atoms with Gasteiger partial charge in [0.25, 0.3) is 0 Å². The molecule has 0 bridgehead atoms. The molecule has 0 aromatic rings. The summed E-state index contributed by atoms with van der Waals surface area (Å²) in [4.78, 5) is 1.95. The average Bonchev–Trinajstić information content (AvgIpc) is 1.21. The molecule has 0 aromatic heterocycles. The molecule has 0 fully saturated rings. The maximum atomic E-state index is 10.1. The maximum absolute atomic E-state index is 10.1. The Morgan fingerprint density at radius 2 is 1.88 bits per heavy atom. The van der Waals surface area contributed by atoms with Crippen LogP contribution in [0.3, 0.4) is 0 Å². The summed E-state index contributed by atoms with van der Waals surface area (Å²) in [7, 11) is 4.23. The number of nitrogens with zero attached hydrogens (tertiary/aromatic N) is 1. The van der Waals surface area contributed by atoms with E-state index in [-0.39, 0.29) is 0 Å². The van der Waals surface area contributed by atoms with Crippen LogP contribution in [-0.4, -0.2) is 27.5 Å². The van der Waals surface area contributed by atoms with Crippen molar-refractivity contribution in [2.75, 3.05) is 14.1 Å². The highest BCUT2D eigenvalue weighted by Crippen LogP contribution is 1.87. The van der Waals surface area contributed by atoms with Crippen LogP contribution in [0.1, 0.15) is 0 Å². The summed E-state index contributed by atoms with van der Waals surface area (Å²) in [5, 5.41) is 1.24. The van der Waals surface area contributed by atoms with Gasteiger partial charge in [0, 0.05) is 24.8 Å². The van der Waals surface area contributed by atoms with E-state index in [1.807, 2.05) is 4.83 Å². The molecule has 0 amide bonds. The molecule has 0 unspecified atom stereocenters. The van der Waals surface area contributed by atoms with Gasteiger partial charge in [-0.05, 0) is 0 Å². The first-order valence-corrected chi connectivity index (χ1v) is 4.12. The Hall–Kier alpha value is 0.160. The van der Waals surface area contributed by atoms with Crippen LogP contribution in [0.2, 0.25) is 0 Å². The SMILES string of the molecule is CN(C)NS(=O)(=O)Cl. The van der Waals surface area contributed by atoms with Gasteiger partial charge in [-0.15, -0.1) is 4.83 Å². The minimum absolute atomic E-state index is 1.24. The van der Waals surface area contributed by atoms with E-state index in [1.165, 1.54) is 19.1 Å². The van der Waals surface area contributed by atoms with E-state index in [0.717, 1.165) is 0 Å². The van der Waals surface area contributed by atoms with Crippen molar-refractivity contribution in [3.05, 3.63) is 0 Å². The van der Waals surface area contributed by atoms with Gasteiger partial charge in [-0.3, -0.25) is 0 Å². The Bertz CT molecular complexity index is 151. The molecule has 1 N–H and O–H groups in total. The van der Waals surface area contributed by atoms with Gasteiger partial charge in [-0.25, -0.2) is 5.01 Å². The van der Waals surface area contributed by atoms with Gasteiger partial charge in [0.1, 0.15) is 0 Å². The van der Waals surface area contributed by atoms with Crippen molar-refractivity contribution in [1.82, 2.24) is 9.84 Å². The normalized spacial score (nSPS) is 12.5. The van der Waals surface area contributed by atoms with Crippen molar-refractivity contribution in [2.45, 2.75) is 0 Å². The summed E-state index contributed by atoms with van der Waals surface area (Å²) >= 11 is 0. The number of hydrazine groups is 1. The van der Waals surface area contributed by atoms with Gasteiger partial charge in [0.05, 0.1) is 0 Å². The zero-order valence-electron chi connectivity index (χ0n) is 4.55. The van der Waals surface area contributed by atoms with Crippen molar-refractivity contribution in [1.29, 1.82) is 0 Å². The molecule has 0 aliphatic rings. The summed E-state index contributed by atoms with van der Waals surface area (Å²) in [5.74, 6) is 0. The number of hydrogen-bond acceptors (Lipinski definition) is 3. The van der Waals surface area contributed by atoms with E-state index >= 15 is 0 Å². The lowest BCUT2D eigenvalue weighted by Crippen LogP contribution is -2.32. The average molecular weight is 159 g/mol. The molecular formula is C2H7ClN2O2S. The van der Waals surface area contributed by atoms with Gasteiger partial charge >= 0.3 is 9.24 Å². The molecule has 0 heterocycles. The molecule has 0 rings (SSSR count). The van der Waals surface area contributed by atoms with Gasteiger partial charge in [-0.1, -0.05) is 0 Å². The van der Waals surface area contributed by atoms with E-state index < -0.39 is 9.24 Å². The zero-order valence-corrected chi connectivity index (χ0v) is 6.12. The second-order valence-corrected chi connectivity index (χ2v) is 3.70. The van der Waals surface area contributed by atoms with E-state index in [1.54, 1.807) is 0 Å². The lowest BCUT2D eigenvalue weighted by molar-refractivity contribution is 0.368. The van der Waals surface area contributed by atoms with E-state index in [0.29, 0.717) is 0 Å². The fourth-order valence-corrected chi connectivity index (χ4v) is 1.07. The molecule has 0 spiro atoms. The molecule has 0 atom stereocenters. The Morgan fingerprint density at radius 1 is 1.50 bits per heavy atom. The van der Waals surface area contributed by atoms with Crippen LogP contribution < -0.4 is 4.83 Å². The predicted octanol–water partition coefficient (Wildman–Crippen LogP) is -0.464. The molecule has 0 aliphatic carbocycles. The van der Waals surface area contributed by atoms with E-state index in [2.05, 4.69) is 0 Å². The summed E-state index contributed by atoms with van der Waals surface area (Å²) in [6, 6.07) is 0.